The Morgan fingerprint density at radius 1 is 1.40 bits per heavy atom. The summed E-state index contributed by atoms with van der Waals surface area (Å²) in [7, 11) is 0. The molecule has 0 aromatic rings. The summed E-state index contributed by atoms with van der Waals surface area (Å²) >= 11 is 0. The van der Waals surface area contributed by atoms with Crippen molar-refractivity contribution in [1.29, 1.82) is 0 Å². The molecule has 0 atom stereocenters. The molecule has 2 nitrogen and oxygen atoms in total. The summed E-state index contributed by atoms with van der Waals surface area (Å²) in [5.74, 6) is -0.338. The minimum atomic E-state index is -0.338. The Balaban J connectivity index is 4.32. The SMILES string of the molecule is C/C(=C\C(C)(C)C)C(N)=O. The van der Waals surface area contributed by atoms with Crippen molar-refractivity contribution in [3.8, 4) is 0 Å². The van der Waals surface area contributed by atoms with Crippen LogP contribution in [0, 0.1) is 5.41 Å². The molecule has 0 bridgehead atoms. The summed E-state index contributed by atoms with van der Waals surface area (Å²) in [6, 6.07) is 0. The smallest absolute Gasteiger partial charge is 0.244 e. The van der Waals surface area contributed by atoms with Crippen molar-refractivity contribution in [2.45, 2.75) is 27.7 Å². The lowest BCUT2D eigenvalue weighted by atomic mass is 9.94. The van der Waals surface area contributed by atoms with Crippen molar-refractivity contribution >= 4 is 5.91 Å². The first-order valence-electron chi connectivity index (χ1n) is 3.32. The molecule has 0 rings (SSSR count). The van der Waals surface area contributed by atoms with Crippen LogP contribution in [0.4, 0.5) is 0 Å². The summed E-state index contributed by atoms with van der Waals surface area (Å²) in [6.07, 6.45) is 1.87. The van der Waals surface area contributed by atoms with Gasteiger partial charge in [0.15, 0.2) is 0 Å². The lowest BCUT2D eigenvalue weighted by molar-refractivity contribution is -0.114. The second kappa shape index (κ2) is 2.86. The summed E-state index contributed by atoms with van der Waals surface area (Å²) in [5.41, 5.74) is 5.71. The number of hydrogen-bond acceptors (Lipinski definition) is 1. The summed E-state index contributed by atoms with van der Waals surface area (Å²) in [6.45, 7) is 7.81. The third-order valence-corrected chi connectivity index (χ3v) is 1.04. The van der Waals surface area contributed by atoms with Crippen LogP contribution >= 0.6 is 0 Å². The van der Waals surface area contributed by atoms with Crippen molar-refractivity contribution in [1.82, 2.24) is 0 Å². The Labute approximate surface area is 62.1 Å². The van der Waals surface area contributed by atoms with E-state index in [2.05, 4.69) is 0 Å². The second-order valence-corrected chi connectivity index (χ2v) is 3.56. The van der Waals surface area contributed by atoms with Crippen molar-refractivity contribution in [3.05, 3.63) is 11.6 Å². The van der Waals surface area contributed by atoms with E-state index in [0.29, 0.717) is 5.57 Å². The van der Waals surface area contributed by atoms with E-state index >= 15 is 0 Å². The molecule has 1 amide bonds. The lowest BCUT2D eigenvalue weighted by Gasteiger charge is -2.12. The van der Waals surface area contributed by atoms with Crippen LogP contribution in [0.15, 0.2) is 11.6 Å². The first-order valence-corrected chi connectivity index (χ1v) is 3.32. The Kier molecular flexibility index (Phi) is 2.64. The van der Waals surface area contributed by atoms with Gasteiger partial charge < -0.3 is 5.73 Å². The van der Waals surface area contributed by atoms with Crippen molar-refractivity contribution in [2.24, 2.45) is 11.1 Å². The number of hydrogen-bond donors (Lipinski definition) is 1. The standard InChI is InChI=1S/C8H15NO/c1-6(7(9)10)5-8(2,3)4/h5H,1-4H3,(H2,9,10)/b6-5+. The molecule has 0 aromatic heterocycles. The van der Waals surface area contributed by atoms with Crippen molar-refractivity contribution in [3.63, 3.8) is 0 Å². The fourth-order valence-corrected chi connectivity index (χ4v) is 0.721. The number of nitrogens with two attached hydrogens (primary N) is 1. The van der Waals surface area contributed by atoms with Gasteiger partial charge in [0.2, 0.25) is 5.91 Å². The average molecular weight is 141 g/mol. The van der Waals surface area contributed by atoms with Crippen LogP contribution in [0.1, 0.15) is 27.7 Å². The van der Waals surface area contributed by atoms with E-state index in [1.807, 2.05) is 26.8 Å². The monoisotopic (exact) mass is 141 g/mol. The predicted molar refractivity (Wildman–Crippen MR) is 42.4 cm³/mol. The number of carbonyl (C=O) groups is 1. The van der Waals surface area contributed by atoms with E-state index < -0.39 is 0 Å². The van der Waals surface area contributed by atoms with Crippen molar-refractivity contribution < 1.29 is 4.79 Å². The molecule has 10 heavy (non-hydrogen) atoms. The fourth-order valence-electron chi connectivity index (χ4n) is 0.721. The molecule has 0 radical (unpaired) electrons. The molecular formula is C8H15NO. The normalized spacial score (nSPS) is 13.4. The highest BCUT2D eigenvalue weighted by atomic mass is 16.1. The highest BCUT2D eigenvalue weighted by molar-refractivity contribution is 5.91. The van der Waals surface area contributed by atoms with Gasteiger partial charge in [0, 0.05) is 5.57 Å². The Morgan fingerprint density at radius 3 is 1.90 bits per heavy atom. The van der Waals surface area contributed by atoms with Crippen LogP contribution in [0.25, 0.3) is 0 Å². The van der Waals surface area contributed by atoms with Crippen LogP contribution in [-0.2, 0) is 4.79 Å². The van der Waals surface area contributed by atoms with Gasteiger partial charge >= 0.3 is 0 Å². The lowest BCUT2D eigenvalue weighted by Crippen LogP contribution is -2.14. The quantitative estimate of drug-likeness (QED) is 0.552. The molecular weight excluding hydrogens is 126 g/mol. The van der Waals surface area contributed by atoms with Gasteiger partial charge in [-0.2, -0.15) is 0 Å². The van der Waals surface area contributed by atoms with Gasteiger partial charge in [-0.25, -0.2) is 0 Å². The molecule has 0 heterocycles. The molecule has 0 aromatic carbocycles. The van der Waals surface area contributed by atoms with E-state index in [-0.39, 0.29) is 11.3 Å². The second-order valence-electron chi connectivity index (χ2n) is 3.56. The molecule has 0 saturated heterocycles. The third kappa shape index (κ3) is 4.13. The topological polar surface area (TPSA) is 43.1 Å². The van der Waals surface area contributed by atoms with Gasteiger partial charge in [0.1, 0.15) is 0 Å². The number of amides is 1. The van der Waals surface area contributed by atoms with Gasteiger partial charge in [-0.3, -0.25) is 4.79 Å². The Morgan fingerprint density at radius 2 is 1.80 bits per heavy atom. The van der Waals surface area contributed by atoms with Crippen LogP contribution in [0.3, 0.4) is 0 Å². The van der Waals surface area contributed by atoms with Gasteiger partial charge in [-0.05, 0) is 12.3 Å². The summed E-state index contributed by atoms with van der Waals surface area (Å²) < 4.78 is 0. The zero-order valence-electron chi connectivity index (χ0n) is 7.06. The molecule has 58 valence electrons. The zero-order chi connectivity index (χ0) is 8.36. The molecule has 0 unspecified atom stereocenters. The van der Waals surface area contributed by atoms with E-state index in [9.17, 15) is 4.79 Å². The van der Waals surface area contributed by atoms with Gasteiger partial charge in [-0.1, -0.05) is 26.8 Å². The molecule has 2 heteroatoms. The largest absolute Gasteiger partial charge is 0.366 e. The van der Waals surface area contributed by atoms with Gasteiger partial charge in [-0.15, -0.1) is 0 Å². The number of allylic oxidation sites excluding steroid dienone is 1. The maximum absolute atomic E-state index is 10.5. The minimum absolute atomic E-state index is 0.0408. The zero-order valence-corrected chi connectivity index (χ0v) is 7.06. The first-order chi connectivity index (χ1) is 4.33. The van der Waals surface area contributed by atoms with Crippen LogP contribution < -0.4 is 5.73 Å². The first kappa shape index (κ1) is 9.21. The van der Waals surface area contributed by atoms with Crippen LogP contribution in [0.5, 0.6) is 0 Å². The third-order valence-electron chi connectivity index (χ3n) is 1.04. The Hall–Kier alpha value is -0.790. The van der Waals surface area contributed by atoms with E-state index in [0.717, 1.165) is 0 Å². The number of rotatable bonds is 1. The molecule has 2 N–H and O–H groups in total. The molecule has 0 spiro atoms. The van der Waals surface area contributed by atoms with Crippen LogP contribution in [0.2, 0.25) is 0 Å². The molecule has 0 saturated carbocycles. The van der Waals surface area contributed by atoms with Gasteiger partial charge in [0.05, 0.1) is 0 Å². The van der Waals surface area contributed by atoms with Crippen LogP contribution in [-0.4, -0.2) is 5.91 Å². The molecule has 0 aliphatic rings. The van der Waals surface area contributed by atoms with E-state index in [4.69, 9.17) is 5.73 Å². The predicted octanol–water partition coefficient (Wildman–Crippen LogP) is 1.46. The Bertz CT molecular complexity index is 163. The fraction of sp³-hybridized carbons (Fsp3) is 0.625. The maximum atomic E-state index is 10.5. The highest BCUT2D eigenvalue weighted by Gasteiger charge is 2.07. The van der Waals surface area contributed by atoms with Crippen molar-refractivity contribution in [2.75, 3.05) is 0 Å². The average Bonchev–Trinajstić information content (AvgIpc) is 1.60. The molecule has 0 fully saturated rings. The number of primary amides is 1. The molecule has 0 aliphatic carbocycles. The number of carbonyl (C=O) groups excluding carboxylic acids is 1. The van der Waals surface area contributed by atoms with Gasteiger partial charge in [0.25, 0.3) is 0 Å². The van der Waals surface area contributed by atoms with E-state index in [1.165, 1.54) is 0 Å². The van der Waals surface area contributed by atoms with E-state index in [1.54, 1.807) is 6.92 Å². The summed E-state index contributed by atoms with van der Waals surface area (Å²) in [4.78, 5) is 10.5. The summed E-state index contributed by atoms with van der Waals surface area (Å²) in [5, 5.41) is 0. The highest BCUT2D eigenvalue weighted by Crippen LogP contribution is 2.16. The molecule has 0 aliphatic heterocycles. The maximum Gasteiger partial charge on any atom is 0.244 e. The minimum Gasteiger partial charge on any atom is -0.366 e.